The van der Waals surface area contributed by atoms with Crippen molar-refractivity contribution in [3.05, 3.63) is 0 Å². The number of rotatable bonds is 36. The summed E-state index contributed by atoms with van der Waals surface area (Å²) in [5.74, 6) is 0.735. The zero-order valence-electron chi connectivity index (χ0n) is 32.6. The second-order valence-corrected chi connectivity index (χ2v) is 15.0. The molecule has 0 bridgehead atoms. The standard InChI is InChI=1S/C42H80O6/c1-6-8-9-10-11-12-16-22-27-32-40(43)46-35-39(48-42(45)34-29-24-19-18-20-25-30-37(3)4)36-47-41(44)33-28-23-17-14-13-15-21-26-31-38(5)7-2/h37-39H,6-36H2,1-5H3/t38?,39-/m1/s1. The predicted molar refractivity (Wildman–Crippen MR) is 201 cm³/mol. The molecule has 0 amide bonds. The second kappa shape index (κ2) is 35.2. The van der Waals surface area contributed by atoms with Crippen molar-refractivity contribution in [1.29, 1.82) is 0 Å². The van der Waals surface area contributed by atoms with Crippen LogP contribution in [0.2, 0.25) is 0 Å². The van der Waals surface area contributed by atoms with Crippen molar-refractivity contribution in [3.8, 4) is 0 Å². The summed E-state index contributed by atoms with van der Waals surface area (Å²) < 4.78 is 16.6. The lowest BCUT2D eigenvalue weighted by Gasteiger charge is -2.18. The Kier molecular flexibility index (Phi) is 34.1. The Balaban J connectivity index is 4.35. The van der Waals surface area contributed by atoms with Crippen molar-refractivity contribution in [2.75, 3.05) is 13.2 Å². The Labute approximate surface area is 298 Å². The molecule has 0 aliphatic carbocycles. The fourth-order valence-corrected chi connectivity index (χ4v) is 6.01. The van der Waals surface area contributed by atoms with Crippen LogP contribution < -0.4 is 0 Å². The predicted octanol–water partition coefficient (Wildman–Crippen LogP) is 12.6. The Morgan fingerprint density at radius 1 is 0.438 bits per heavy atom. The Hall–Kier alpha value is -1.59. The minimum absolute atomic E-state index is 0.0670. The molecule has 0 radical (unpaired) electrons. The highest BCUT2D eigenvalue weighted by Gasteiger charge is 2.19. The molecule has 0 aromatic rings. The van der Waals surface area contributed by atoms with Crippen LogP contribution in [0, 0.1) is 11.8 Å². The molecular formula is C42H80O6. The molecule has 0 rings (SSSR count). The van der Waals surface area contributed by atoms with Crippen molar-refractivity contribution in [3.63, 3.8) is 0 Å². The summed E-state index contributed by atoms with van der Waals surface area (Å²) in [5, 5.41) is 0. The lowest BCUT2D eigenvalue weighted by molar-refractivity contribution is -0.167. The first-order valence-electron chi connectivity index (χ1n) is 20.8. The van der Waals surface area contributed by atoms with E-state index < -0.39 is 6.10 Å². The third-order valence-corrected chi connectivity index (χ3v) is 9.58. The maximum Gasteiger partial charge on any atom is 0.306 e. The van der Waals surface area contributed by atoms with Crippen LogP contribution in [0.25, 0.3) is 0 Å². The summed E-state index contributed by atoms with van der Waals surface area (Å²) in [4.78, 5) is 37.5. The van der Waals surface area contributed by atoms with Gasteiger partial charge in [0.15, 0.2) is 6.10 Å². The van der Waals surface area contributed by atoms with Gasteiger partial charge in [-0.3, -0.25) is 14.4 Å². The first-order chi connectivity index (χ1) is 23.3. The summed E-state index contributed by atoms with van der Waals surface area (Å²) in [6.45, 7) is 11.2. The maximum absolute atomic E-state index is 12.6. The minimum atomic E-state index is -0.759. The number of hydrogen-bond acceptors (Lipinski definition) is 6. The van der Waals surface area contributed by atoms with Gasteiger partial charge in [-0.05, 0) is 31.1 Å². The molecule has 48 heavy (non-hydrogen) atoms. The van der Waals surface area contributed by atoms with E-state index >= 15 is 0 Å². The second-order valence-electron chi connectivity index (χ2n) is 15.0. The maximum atomic E-state index is 12.6. The van der Waals surface area contributed by atoms with Gasteiger partial charge in [0.05, 0.1) is 0 Å². The number of carbonyl (C=O) groups excluding carboxylic acids is 3. The lowest BCUT2D eigenvalue weighted by Crippen LogP contribution is -2.30. The molecule has 0 spiro atoms. The molecular weight excluding hydrogens is 600 g/mol. The van der Waals surface area contributed by atoms with Crippen LogP contribution in [-0.4, -0.2) is 37.2 Å². The van der Waals surface area contributed by atoms with Crippen LogP contribution in [0.1, 0.15) is 221 Å². The van der Waals surface area contributed by atoms with Gasteiger partial charge in [0.2, 0.25) is 0 Å². The van der Waals surface area contributed by atoms with Crippen molar-refractivity contribution >= 4 is 17.9 Å². The highest BCUT2D eigenvalue weighted by Crippen LogP contribution is 2.16. The molecule has 2 atom stereocenters. The zero-order valence-corrected chi connectivity index (χ0v) is 32.6. The van der Waals surface area contributed by atoms with Crippen LogP contribution in [0.5, 0.6) is 0 Å². The quantitative estimate of drug-likeness (QED) is 0.0372. The Morgan fingerprint density at radius 3 is 1.19 bits per heavy atom. The molecule has 0 aliphatic heterocycles. The fourth-order valence-electron chi connectivity index (χ4n) is 6.01. The van der Waals surface area contributed by atoms with Crippen LogP contribution in [0.3, 0.4) is 0 Å². The summed E-state index contributed by atoms with van der Waals surface area (Å²) in [6, 6.07) is 0. The molecule has 0 heterocycles. The van der Waals surface area contributed by atoms with Gasteiger partial charge in [-0.15, -0.1) is 0 Å². The van der Waals surface area contributed by atoms with Crippen LogP contribution >= 0.6 is 0 Å². The highest BCUT2D eigenvalue weighted by atomic mass is 16.6. The summed E-state index contributed by atoms with van der Waals surface area (Å²) >= 11 is 0. The van der Waals surface area contributed by atoms with Gasteiger partial charge in [-0.1, -0.05) is 182 Å². The van der Waals surface area contributed by atoms with E-state index in [1.165, 1.54) is 109 Å². The summed E-state index contributed by atoms with van der Waals surface area (Å²) in [6.07, 6.45) is 31.0. The summed E-state index contributed by atoms with van der Waals surface area (Å²) in [5.41, 5.74) is 0. The molecule has 0 saturated heterocycles. The van der Waals surface area contributed by atoms with Crippen molar-refractivity contribution in [1.82, 2.24) is 0 Å². The van der Waals surface area contributed by atoms with Gasteiger partial charge >= 0.3 is 17.9 Å². The normalized spacial score (nSPS) is 12.6. The highest BCUT2D eigenvalue weighted by molar-refractivity contribution is 5.71. The van der Waals surface area contributed by atoms with E-state index in [4.69, 9.17) is 14.2 Å². The summed E-state index contributed by atoms with van der Waals surface area (Å²) in [7, 11) is 0. The van der Waals surface area contributed by atoms with E-state index in [2.05, 4.69) is 34.6 Å². The van der Waals surface area contributed by atoms with E-state index in [0.29, 0.717) is 19.3 Å². The van der Waals surface area contributed by atoms with Crippen molar-refractivity contribution < 1.29 is 28.6 Å². The number of hydrogen-bond donors (Lipinski definition) is 0. The molecule has 0 aromatic heterocycles. The Morgan fingerprint density at radius 2 is 0.792 bits per heavy atom. The van der Waals surface area contributed by atoms with Gasteiger partial charge in [0, 0.05) is 19.3 Å². The monoisotopic (exact) mass is 681 g/mol. The molecule has 0 saturated carbocycles. The first-order valence-corrected chi connectivity index (χ1v) is 20.8. The molecule has 6 heteroatoms. The van der Waals surface area contributed by atoms with Gasteiger partial charge in [-0.25, -0.2) is 0 Å². The minimum Gasteiger partial charge on any atom is -0.462 e. The van der Waals surface area contributed by atoms with Gasteiger partial charge < -0.3 is 14.2 Å². The SMILES string of the molecule is CCCCCCCCCCCC(=O)OC[C@H](COC(=O)CCCCCCCCCCC(C)CC)OC(=O)CCCCCCCCC(C)C. The number of ether oxygens (including phenoxy) is 3. The number of unbranched alkanes of at least 4 members (excludes halogenated alkanes) is 20. The molecule has 0 aromatic carbocycles. The van der Waals surface area contributed by atoms with E-state index in [-0.39, 0.29) is 31.1 Å². The lowest BCUT2D eigenvalue weighted by atomic mass is 9.99. The molecule has 0 fully saturated rings. The van der Waals surface area contributed by atoms with E-state index in [9.17, 15) is 14.4 Å². The van der Waals surface area contributed by atoms with Crippen molar-refractivity contribution in [2.24, 2.45) is 11.8 Å². The van der Waals surface area contributed by atoms with E-state index in [1.54, 1.807) is 0 Å². The molecule has 6 nitrogen and oxygen atoms in total. The van der Waals surface area contributed by atoms with Gasteiger partial charge in [0.25, 0.3) is 0 Å². The van der Waals surface area contributed by atoms with Crippen molar-refractivity contribution in [2.45, 2.75) is 227 Å². The average Bonchev–Trinajstić information content (AvgIpc) is 3.06. The number of carbonyl (C=O) groups is 3. The van der Waals surface area contributed by atoms with E-state index in [0.717, 1.165) is 69.6 Å². The van der Waals surface area contributed by atoms with Crippen LogP contribution in [0.4, 0.5) is 0 Å². The van der Waals surface area contributed by atoms with Crippen LogP contribution in [0.15, 0.2) is 0 Å². The smallest absolute Gasteiger partial charge is 0.306 e. The third kappa shape index (κ3) is 34.3. The largest absolute Gasteiger partial charge is 0.462 e. The molecule has 1 unspecified atom stereocenters. The molecule has 284 valence electrons. The first kappa shape index (κ1) is 46.4. The van der Waals surface area contributed by atoms with Gasteiger partial charge in [-0.2, -0.15) is 0 Å². The van der Waals surface area contributed by atoms with Gasteiger partial charge in [0.1, 0.15) is 13.2 Å². The average molecular weight is 681 g/mol. The van der Waals surface area contributed by atoms with E-state index in [1.807, 2.05) is 0 Å². The van der Waals surface area contributed by atoms with Crippen LogP contribution in [-0.2, 0) is 28.6 Å². The topological polar surface area (TPSA) is 78.9 Å². The third-order valence-electron chi connectivity index (χ3n) is 9.58. The number of esters is 3. The molecule has 0 aliphatic rings. The molecule has 0 N–H and O–H groups in total. The Bertz CT molecular complexity index is 736. The zero-order chi connectivity index (χ0) is 35.5. The fraction of sp³-hybridized carbons (Fsp3) is 0.929.